The summed E-state index contributed by atoms with van der Waals surface area (Å²) in [7, 11) is 0. The molecule has 0 saturated heterocycles. The molecule has 0 aliphatic heterocycles. The molecular weight excluding hydrogens is 217 g/mol. The minimum absolute atomic E-state index is 0.126. The summed E-state index contributed by atoms with van der Waals surface area (Å²) in [5, 5.41) is 9.87. The van der Waals surface area contributed by atoms with Gasteiger partial charge in [-0.2, -0.15) is 0 Å². The first-order chi connectivity index (χ1) is 7.52. The number of aliphatic hydroxyl groups excluding tert-OH is 1. The highest BCUT2D eigenvalue weighted by atomic mass is 19.2. The molecule has 0 spiro atoms. The number of benzene rings is 1. The van der Waals surface area contributed by atoms with Gasteiger partial charge < -0.3 is 5.11 Å². The van der Waals surface area contributed by atoms with Gasteiger partial charge in [0.1, 0.15) is 0 Å². The molecule has 2 rings (SSSR count). The van der Waals surface area contributed by atoms with Crippen LogP contribution in [0.25, 0.3) is 0 Å². The summed E-state index contributed by atoms with van der Waals surface area (Å²) in [6.45, 7) is 1.79. The van der Waals surface area contributed by atoms with E-state index in [0.29, 0.717) is 5.92 Å². The third-order valence-corrected chi connectivity index (χ3v) is 3.25. The van der Waals surface area contributed by atoms with E-state index < -0.39 is 23.6 Å². The van der Waals surface area contributed by atoms with E-state index in [1.807, 2.05) is 0 Å². The first kappa shape index (κ1) is 11.5. The average molecular weight is 230 g/mol. The number of aliphatic hydroxyl groups is 1. The lowest BCUT2D eigenvalue weighted by atomic mass is 9.93. The highest BCUT2D eigenvalue weighted by Gasteiger charge is 2.34. The molecular formula is C12H13F3O. The smallest absolute Gasteiger partial charge is 0.194 e. The Morgan fingerprint density at radius 2 is 1.81 bits per heavy atom. The summed E-state index contributed by atoms with van der Waals surface area (Å²) in [5.74, 6) is -3.78. The molecule has 2 unspecified atom stereocenters. The van der Waals surface area contributed by atoms with Gasteiger partial charge in [-0.05, 0) is 30.7 Å². The van der Waals surface area contributed by atoms with Gasteiger partial charge in [0.25, 0.3) is 0 Å². The molecule has 88 valence electrons. The van der Waals surface area contributed by atoms with Gasteiger partial charge in [-0.25, -0.2) is 13.2 Å². The second-order valence-electron chi connectivity index (χ2n) is 4.41. The molecule has 1 aromatic carbocycles. The maximum atomic E-state index is 13.4. The Morgan fingerprint density at radius 1 is 1.19 bits per heavy atom. The van der Waals surface area contributed by atoms with Crippen molar-refractivity contribution in [3.8, 4) is 0 Å². The van der Waals surface area contributed by atoms with Crippen LogP contribution in [0.3, 0.4) is 0 Å². The highest BCUT2D eigenvalue weighted by Crippen LogP contribution is 2.43. The Kier molecular flexibility index (Phi) is 2.93. The first-order valence-electron chi connectivity index (χ1n) is 5.34. The molecule has 0 amide bonds. The predicted octanol–water partition coefficient (Wildman–Crippen LogP) is 3.18. The number of halogens is 3. The van der Waals surface area contributed by atoms with E-state index in [1.165, 1.54) is 0 Å². The van der Waals surface area contributed by atoms with Crippen LogP contribution in [0.2, 0.25) is 0 Å². The average Bonchev–Trinajstić information content (AvgIpc) is 3.08. The van der Waals surface area contributed by atoms with E-state index >= 15 is 0 Å². The van der Waals surface area contributed by atoms with Crippen molar-refractivity contribution in [2.45, 2.75) is 25.9 Å². The molecule has 0 heterocycles. The van der Waals surface area contributed by atoms with Gasteiger partial charge in [-0.3, -0.25) is 0 Å². The quantitative estimate of drug-likeness (QED) is 0.791. The van der Waals surface area contributed by atoms with Crippen LogP contribution >= 0.6 is 0 Å². The fraction of sp³-hybridized carbons (Fsp3) is 0.500. The zero-order valence-electron chi connectivity index (χ0n) is 8.88. The Balaban J connectivity index is 2.29. The Labute approximate surface area is 91.9 Å². The lowest BCUT2D eigenvalue weighted by Gasteiger charge is -2.19. The second kappa shape index (κ2) is 4.09. The minimum atomic E-state index is -1.51. The van der Waals surface area contributed by atoms with Crippen LogP contribution in [0.15, 0.2) is 12.1 Å². The maximum Gasteiger partial charge on any atom is 0.194 e. The maximum absolute atomic E-state index is 13.4. The van der Waals surface area contributed by atoms with Crippen molar-refractivity contribution in [3.63, 3.8) is 0 Å². The molecule has 0 bridgehead atoms. The number of rotatable bonds is 3. The van der Waals surface area contributed by atoms with Gasteiger partial charge >= 0.3 is 0 Å². The van der Waals surface area contributed by atoms with Gasteiger partial charge in [0.2, 0.25) is 0 Å². The van der Waals surface area contributed by atoms with Crippen molar-refractivity contribution in [1.29, 1.82) is 0 Å². The lowest BCUT2D eigenvalue weighted by molar-refractivity contribution is 0.101. The molecule has 1 aromatic rings. The van der Waals surface area contributed by atoms with E-state index in [2.05, 4.69) is 0 Å². The van der Waals surface area contributed by atoms with Crippen molar-refractivity contribution >= 4 is 0 Å². The summed E-state index contributed by atoms with van der Waals surface area (Å²) < 4.78 is 39.1. The van der Waals surface area contributed by atoms with Crippen molar-refractivity contribution in [2.24, 2.45) is 11.8 Å². The summed E-state index contributed by atoms with van der Waals surface area (Å²) in [5.41, 5.74) is -0.154. The molecule has 1 nitrogen and oxygen atoms in total. The normalized spacial score (nSPS) is 19.6. The van der Waals surface area contributed by atoms with E-state index in [4.69, 9.17) is 0 Å². The van der Waals surface area contributed by atoms with E-state index in [1.54, 1.807) is 6.92 Å². The van der Waals surface area contributed by atoms with Crippen LogP contribution in [0.5, 0.6) is 0 Å². The Hall–Kier alpha value is -1.03. The summed E-state index contributed by atoms with van der Waals surface area (Å²) in [6, 6.07) is 1.95. The van der Waals surface area contributed by atoms with Gasteiger partial charge in [0, 0.05) is 5.56 Å². The van der Waals surface area contributed by atoms with Crippen LogP contribution < -0.4 is 0 Å². The second-order valence-corrected chi connectivity index (χ2v) is 4.41. The van der Waals surface area contributed by atoms with Crippen molar-refractivity contribution in [3.05, 3.63) is 35.1 Å². The van der Waals surface area contributed by atoms with Crippen molar-refractivity contribution in [2.75, 3.05) is 0 Å². The van der Waals surface area contributed by atoms with Gasteiger partial charge in [0.15, 0.2) is 17.5 Å². The fourth-order valence-corrected chi connectivity index (χ4v) is 1.93. The molecule has 4 heteroatoms. The molecule has 16 heavy (non-hydrogen) atoms. The van der Waals surface area contributed by atoms with Crippen molar-refractivity contribution < 1.29 is 18.3 Å². The fourth-order valence-electron chi connectivity index (χ4n) is 1.93. The molecule has 0 aromatic heterocycles. The van der Waals surface area contributed by atoms with Crippen LogP contribution in [0.1, 0.15) is 31.4 Å². The molecule has 1 fully saturated rings. The topological polar surface area (TPSA) is 20.2 Å². The van der Waals surface area contributed by atoms with Gasteiger partial charge in [0.05, 0.1) is 6.10 Å². The highest BCUT2D eigenvalue weighted by molar-refractivity contribution is 5.23. The molecule has 1 saturated carbocycles. The predicted molar refractivity (Wildman–Crippen MR) is 53.2 cm³/mol. The SMILES string of the molecule is CC(C1CC1)C(O)c1ccc(F)c(F)c1F. The standard InChI is InChI=1S/C12H13F3O/c1-6(7-2-3-7)12(16)8-4-5-9(13)11(15)10(8)14/h4-7,12,16H,2-3H2,1H3. The molecule has 1 aliphatic carbocycles. The van der Waals surface area contributed by atoms with Crippen LogP contribution in [-0.4, -0.2) is 5.11 Å². The molecule has 1 aliphatic rings. The third-order valence-electron chi connectivity index (χ3n) is 3.25. The third kappa shape index (κ3) is 1.94. The summed E-state index contributed by atoms with van der Waals surface area (Å²) in [6.07, 6.45) is 0.940. The van der Waals surface area contributed by atoms with Crippen LogP contribution in [0.4, 0.5) is 13.2 Å². The zero-order valence-corrected chi connectivity index (χ0v) is 8.88. The van der Waals surface area contributed by atoms with E-state index in [-0.39, 0.29) is 11.5 Å². The minimum Gasteiger partial charge on any atom is -0.388 e. The number of hydrogen-bond donors (Lipinski definition) is 1. The summed E-state index contributed by atoms with van der Waals surface area (Å²) >= 11 is 0. The monoisotopic (exact) mass is 230 g/mol. The summed E-state index contributed by atoms with van der Waals surface area (Å²) in [4.78, 5) is 0. The van der Waals surface area contributed by atoms with Gasteiger partial charge in [-0.15, -0.1) is 0 Å². The van der Waals surface area contributed by atoms with Crippen LogP contribution in [0, 0.1) is 29.3 Å². The van der Waals surface area contributed by atoms with Crippen molar-refractivity contribution in [1.82, 2.24) is 0 Å². The molecule has 0 radical (unpaired) electrons. The van der Waals surface area contributed by atoms with E-state index in [9.17, 15) is 18.3 Å². The number of hydrogen-bond acceptors (Lipinski definition) is 1. The van der Waals surface area contributed by atoms with Crippen LogP contribution in [-0.2, 0) is 0 Å². The van der Waals surface area contributed by atoms with E-state index in [0.717, 1.165) is 25.0 Å². The first-order valence-corrected chi connectivity index (χ1v) is 5.34. The largest absolute Gasteiger partial charge is 0.388 e. The van der Waals surface area contributed by atoms with Gasteiger partial charge in [-0.1, -0.05) is 13.0 Å². The molecule has 2 atom stereocenters. The zero-order chi connectivity index (χ0) is 11.9. The Bertz CT molecular complexity index is 401. The lowest BCUT2D eigenvalue weighted by Crippen LogP contribution is -2.14. The molecule has 1 N–H and O–H groups in total. The Morgan fingerprint density at radius 3 is 2.38 bits per heavy atom.